The van der Waals surface area contributed by atoms with Gasteiger partial charge >= 0.3 is 0 Å². The van der Waals surface area contributed by atoms with E-state index in [-0.39, 0.29) is 0 Å². The Hall–Kier alpha value is 0.960. The van der Waals surface area contributed by atoms with Crippen LogP contribution in [0.5, 0.6) is 0 Å². The molecule has 0 aromatic carbocycles. The van der Waals surface area contributed by atoms with E-state index in [1.165, 1.54) is 77.0 Å². The zero-order valence-corrected chi connectivity index (χ0v) is 14.7. The molecule has 0 aromatic heterocycles. The highest BCUT2D eigenvalue weighted by atomic mass is 79.9. The third-order valence-electron chi connectivity index (χ3n) is 4.98. The van der Waals surface area contributed by atoms with Gasteiger partial charge in [0, 0.05) is 9.65 Å². The number of hydrogen-bond acceptors (Lipinski definition) is 0. The van der Waals surface area contributed by atoms with Crippen molar-refractivity contribution in [3.8, 4) is 0 Å². The Labute approximate surface area is 130 Å². The Morgan fingerprint density at radius 3 is 2.22 bits per heavy atom. The van der Waals surface area contributed by atoms with Gasteiger partial charge in [0.2, 0.25) is 0 Å². The summed E-state index contributed by atoms with van der Waals surface area (Å²) in [4.78, 5) is 1.59. The summed E-state index contributed by atoms with van der Waals surface area (Å²) in [6.45, 7) is 0. The van der Waals surface area contributed by atoms with Crippen LogP contribution in [-0.4, -0.2) is 9.65 Å². The van der Waals surface area contributed by atoms with Crippen molar-refractivity contribution in [1.82, 2.24) is 0 Å². The molecule has 2 saturated carbocycles. The number of alkyl halides is 2. The van der Waals surface area contributed by atoms with Gasteiger partial charge in [-0.05, 0) is 43.9 Å². The monoisotopic (exact) mass is 378 g/mol. The fourth-order valence-electron chi connectivity index (χ4n) is 3.78. The zero-order chi connectivity index (χ0) is 12.8. The lowest BCUT2D eigenvalue weighted by Crippen LogP contribution is -2.14. The lowest BCUT2D eigenvalue weighted by atomic mass is 9.91. The standard InChI is InChI=1S/C16H28Br2/c17-15-8-3-1-2-4-9-16(18)14-7-5-6-13(12-15)10-11-14/h13-16H,1-12H2. The minimum atomic E-state index is 0.791. The van der Waals surface area contributed by atoms with E-state index in [1.807, 2.05) is 0 Å². The quantitative estimate of drug-likeness (QED) is 0.424. The van der Waals surface area contributed by atoms with Crippen LogP contribution in [0.15, 0.2) is 0 Å². The van der Waals surface area contributed by atoms with Crippen LogP contribution in [0.1, 0.15) is 77.0 Å². The van der Waals surface area contributed by atoms with E-state index in [4.69, 9.17) is 0 Å². The van der Waals surface area contributed by atoms with Crippen LogP contribution < -0.4 is 0 Å². The first kappa shape index (κ1) is 15.4. The molecule has 4 atom stereocenters. The van der Waals surface area contributed by atoms with E-state index in [0.29, 0.717) is 0 Å². The summed E-state index contributed by atoms with van der Waals surface area (Å²) in [5.41, 5.74) is 0. The Bertz CT molecular complexity index is 229. The van der Waals surface area contributed by atoms with Crippen molar-refractivity contribution in [1.29, 1.82) is 0 Å². The molecule has 2 aliphatic rings. The van der Waals surface area contributed by atoms with Crippen molar-refractivity contribution in [2.24, 2.45) is 11.8 Å². The van der Waals surface area contributed by atoms with Gasteiger partial charge in [0.15, 0.2) is 0 Å². The van der Waals surface area contributed by atoms with Crippen molar-refractivity contribution in [3.63, 3.8) is 0 Å². The largest absolute Gasteiger partial charge is 0.0891 e. The molecule has 2 heteroatoms. The first-order valence-electron chi connectivity index (χ1n) is 8.04. The average Bonchev–Trinajstić information content (AvgIpc) is 2.57. The minimum Gasteiger partial charge on any atom is -0.0891 e. The molecule has 0 amide bonds. The SMILES string of the molecule is BrC1CCCCCCC(Br)C2CCCC(CC2)C1. The second-order valence-corrected chi connectivity index (χ2v) is 8.95. The van der Waals surface area contributed by atoms with E-state index < -0.39 is 0 Å². The lowest BCUT2D eigenvalue weighted by molar-refractivity contribution is 0.396. The van der Waals surface area contributed by atoms with Crippen molar-refractivity contribution >= 4 is 31.9 Å². The Balaban J connectivity index is 1.93. The molecule has 4 unspecified atom stereocenters. The van der Waals surface area contributed by atoms with Gasteiger partial charge in [0.25, 0.3) is 0 Å². The van der Waals surface area contributed by atoms with Crippen LogP contribution in [0.4, 0.5) is 0 Å². The van der Waals surface area contributed by atoms with Gasteiger partial charge in [-0.2, -0.15) is 0 Å². The molecule has 0 nitrogen and oxygen atoms in total. The third kappa shape index (κ3) is 5.15. The predicted molar refractivity (Wildman–Crippen MR) is 87.8 cm³/mol. The summed E-state index contributed by atoms with van der Waals surface area (Å²) in [5.74, 6) is 1.96. The first-order chi connectivity index (χ1) is 8.75. The van der Waals surface area contributed by atoms with E-state index >= 15 is 0 Å². The fourth-order valence-corrected chi connectivity index (χ4v) is 5.48. The van der Waals surface area contributed by atoms with E-state index in [1.54, 1.807) is 0 Å². The summed E-state index contributed by atoms with van der Waals surface area (Å²) in [6, 6.07) is 0. The maximum atomic E-state index is 3.99. The normalized spacial score (nSPS) is 40.3. The molecule has 0 aromatic rings. The summed E-state index contributed by atoms with van der Waals surface area (Å²) in [7, 11) is 0. The van der Waals surface area contributed by atoms with Gasteiger partial charge in [-0.25, -0.2) is 0 Å². The molecule has 2 rings (SSSR count). The summed E-state index contributed by atoms with van der Waals surface area (Å²) in [5, 5.41) is 0. The van der Waals surface area contributed by atoms with Gasteiger partial charge in [-0.1, -0.05) is 76.8 Å². The summed E-state index contributed by atoms with van der Waals surface area (Å²) in [6.07, 6.45) is 17.4. The van der Waals surface area contributed by atoms with Crippen LogP contribution >= 0.6 is 31.9 Å². The molecule has 0 N–H and O–H groups in total. The minimum absolute atomic E-state index is 0.791. The van der Waals surface area contributed by atoms with Crippen molar-refractivity contribution < 1.29 is 0 Å². The second-order valence-electron chi connectivity index (χ2n) is 6.47. The van der Waals surface area contributed by atoms with Crippen LogP contribution in [0, 0.1) is 11.8 Å². The number of halogens is 2. The molecule has 0 spiro atoms. The predicted octanol–water partition coefficient (Wildman–Crippen LogP) is 6.45. The third-order valence-corrected chi connectivity index (χ3v) is 7.02. The van der Waals surface area contributed by atoms with Gasteiger partial charge < -0.3 is 0 Å². The van der Waals surface area contributed by atoms with Crippen LogP contribution in [0.2, 0.25) is 0 Å². The molecule has 0 heterocycles. The Kier molecular flexibility index (Phi) is 7.07. The van der Waals surface area contributed by atoms with Crippen molar-refractivity contribution in [2.45, 2.75) is 86.7 Å². The van der Waals surface area contributed by atoms with E-state index in [0.717, 1.165) is 21.5 Å². The Morgan fingerprint density at radius 2 is 1.39 bits per heavy atom. The molecular weight excluding hydrogens is 352 g/mol. The summed E-state index contributed by atoms with van der Waals surface area (Å²) >= 11 is 7.91. The van der Waals surface area contributed by atoms with Crippen LogP contribution in [-0.2, 0) is 0 Å². The lowest BCUT2D eigenvalue weighted by Gasteiger charge is -2.21. The molecule has 106 valence electrons. The summed E-state index contributed by atoms with van der Waals surface area (Å²) < 4.78 is 0. The molecular formula is C16H28Br2. The van der Waals surface area contributed by atoms with Gasteiger partial charge in [-0.15, -0.1) is 0 Å². The van der Waals surface area contributed by atoms with Crippen molar-refractivity contribution in [3.05, 3.63) is 0 Å². The molecule has 18 heavy (non-hydrogen) atoms. The maximum Gasteiger partial charge on any atom is 0.0174 e. The number of hydrogen-bond donors (Lipinski definition) is 0. The average molecular weight is 380 g/mol. The molecule has 0 aliphatic heterocycles. The molecule has 2 fully saturated rings. The van der Waals surface area contributed by atoms with E-state index in [2.05, 4.69) is 31.9 Å². The fraction of sp³-hybridized carbons (Fsp3) is 1.00. The highest BCUT2D eigenvalue weighted by Crippen LogP contribution is 2.37. The molecule has 0 radical (unpaired) electrons. The van der Waals surface area contributed by atoms with Crippen LogP contribution in [0.3, 0.4) is 0 Å². The second kappa shape index (κ2) is 8.29. The zero-order valence-electron chi connectivity index (χ0n) is 11.6. The van der Waals surface area contributed by atoms with Gasteiger partial charge in [0.05, 0.1) is 0 Å². The topological polar surface area (TPSA) is 0 Å². The Morgan fingerprint density at radius 1 is 0.611 bits per heavy atom. The molecule has 2 aliphatic carbocycles. The van der Waals surface area contributed by atoms with Crippen molar-refractivity contribution in [2.75, 3.05) is 0 Å². The highest BCUT2D eigenvalue weighted by molar-refractivity contribution is 9.09. The number of rotatable bonds is 0. The molecule has 0 saturated heterocycles. The van der Waals surface area contributed by atoms with Gasteiger partial charge in [-0.3, -0.25) is 0 Å². The smallest absolute Gasteiger partial charge is 0.0174 e. The maximum absolute atomic E-state index is 3.99. The molecule has 2 bridgehead atoms. The highest BCUT2D eigenvalue weighted by Gasteiger charge is 2.25. The van der Waals surface area contributed by atoms with Crippen LogP contribution in [0.25, 0.3) is 0 Å². The van der Waals surface area contributed by atoms with Gasteiger partial charge in [0.1, 0.15) is 0 Å². The van der Waals surface area contributed by atoms with E-state index in [9.17, 15) is 0 Å². The first-order valence-corrected chi connectivity index (χ1v) is 9.87. The number of fused-ring (bicyclic) bond motifs is 3.